The maximum atomic E-state index is 11.7. The number of ether oxygens (including phenoxy) is 1. The average Bonchev–Trinajstić information content (AvgIpc) is 3.17. The predicted octanol–water partition coefficient (Wildman–Crippen LogP) is 6.81. The molecule has 0 aromatic heterocycles. The molecule has 0 bridgehead atoms. The molecule has 3 heterocycles. The molecule has 0 radical (unpaired) electrons. The van der Waals surface area contributed by atoms with Crippen molar-refractivity contribution in [3.05, 3.63) is 111 Å². The molecule has 3 aromatic carbocycles. The second kappa shape index (κ2) is 7.48. The highest BCUT2D eigenvalue weighted by Crippen LogP contribution is 2.56. The fraction of sp³-hybridized carbons (Fsp3) is 0.290. The highest BCUT2D eigenvalue weighted by Gasteiger charge is 2.58. The van der Waals surface area contributed by atoms with E-state index in [0.29, 0.717) is 5.75 Å². The smallest absolute Gasteiger partial charge is 0.270 e. The molecule has 0 fully saturated rings. The van der Waals surface area contributed by atoms with Crippen LogP contribution in [0.15, 0.2) is 84.6 Å². The van der Waals surface area contributed by atoms with Gasteiger partial charge in [-0.3, -0.25) is 10.1 Å². The molecule has 3 aliphatic heterocycles. The zero-order valence-corrected chi connectivity index (χ0v) is 22.1. The molecule has 0 saturated carbocycles. The van der Waals surface area contributed by atoms with Crippen molar-refractivity contribution < 1.29 is 9.66 Å². The first-order valence-corrected chi connectivity index (χ1v) is 12.6. The van der Waals surface area contributed by atoms with Gasteiger partial charge in [-0.2, -0.15) is 0 Å². The zero-order chi connectivity index (χ0) is 26.3. The minimum atomic E-state index is -0.805. The molecule has 0 N–H and O–H groups in total. The minimum absolute atomic E-state index is 0.0484. The molecule has 1 unspecified atom stereocenters. The Kier molecular flexibility index (Phi) is 4.72. The Morgan fingerprint density at radius 2 is 1.54 bits per heavy atom. The molecule has 188 valence electrons. The van der Waals surface area contributed by atoms with E-state index in [9.17, 15) is 10.1 Å². The van der Waals surface area contributed by atoms with Gasteiger partial charge < -0.3 is 14.5 Å². The summed E-state index contributed by atoms with van der Waals surface area (Å²) in [6.45, 7) is 8.86. The van der Waals surface area contributed by atoms with Crippen molar-refractivity contribution in [1.29, 1.82) is 0 Å². The lowest BCUT2D eigenvalue weighted by Gasteiger charge is -2.46. The third-order valence-corrected chi connectivity index (χ3v) is 8.67. The van der Waals surface area contributed by atoms with Gasteiger partial charge in [0.2, 0.25) is 5.72 Å². The van der Waals surface area contributed by atoms with Gasteiger partial charge in [-0.1, -0.05) is 50.2 Å². The van der Waals surface area contributed by atoms with Crippen LogP contribution in [-0.4, -0.2) is 24.7 Å². The van der Waals surface area contributed by atoms with Crippen molar-refractivity contribution in [2.75, 3.05) is 23.9 Å². The molecular weight excluding hydrogens is 462 g/mol. The molecule has 1 spiro atoms. The molecule has 6 rings (SSSR count). The van der Waals surface area contributed by atoms with Gasteiger partial charge >= 0.3 is 0 Å². The molecular formula is C31H31N3O3. The Hall–Kier alpha value is -4.06. The number of likely N-dealkylation sites (N-methyl/N-ethyl adjacent to an activating group) is 2. The number of fused-ring (bicyclic) bond motifs is 3. The fourth-order valence-electron chi connectivity index (χ4n) is 6.52. The molecule has 3 aromatic rings. The zero-order valence-electron chi connectivity index (χ0n) is 22.1. The van der Waals surface area contributed by atoms with Crippen LogP contribution in [0, 0.1) is 10.1 Å². The van der Waals surface area contributed by atoms with Crippen molar-refractivity contribution in [1.82, 2.24) is 0 Å². The van der Waals surface area contributed by atoms with E-state index in [-0.39, 0.29) is 21.4 Å². The van der Waals surface area contributed by atoms with Crippen LogP contribution in [0.2, 0.25) is 0 Å². The summed E-state index contributed by atoms with van der Waals surface area (Å²) >= 11 is 0. The normalized spacial score (nSPS) is 23.4. The van der Waals surface area contributed by atoms with E-state index in [1.807, 2.05) is 6.07 Å². The number of non-ortho nitro benzene ring substituents is 1. The summed E-state index contributed by atoms with van der Waals surface area (Å²) in [7, 11) is 4.15. The Labute approximate surface area is 217 Å². The molecule has 0 aliphatic carbocycles. The number of para-hydroxylation sites is 2. The predicted molar refractivity (Wildman–Crippen MR) is 148 cm³/mol. The maximum absolute atomic E-state index is 11.7. The van der Waals surface area contributed by atoms with Crippen LogP contribution in [0.25, 0.3) is 5.57 Å². The third-order valence-electron chi connectivity index (χ3n) is 8.67. The second-order valence-electron chi connectivity index (χ2n) is 11.3. The Morgan fingerprint density at radius 3 is 2.19 bits per heavy atom. The quantitative estimate of drug-likeness (QED) is 0.290. The van der Waals surface area contributed by atoms with E-state index in [4.69, 9.17) is 4.74 Å². The Balaban J connectivity index is 1.60. The lowest BCUT2D eigenvalue weighted by Crippen LogP contribution is -2.58. The summed E-state index contributed by atoms with van der Waals surface area (Å²) in [5.74, 6) is 0.642. The number of hydrogen-bond acceptors (Lipinski definition) is 5. The number of anilines is 2. The van der Waals surface area contributed by atoms with Gasteiger partial charge in [-0.05, 0) is 60.9 Å². The van der Waals surface area contributed by atoms with Crippen LogP contribution in [0.3, 0.4) is 0 Å². The number of nitrogens with zero attached hydrogens (tertiary/aromatic N) is 3. The molecule has 0 saturated heterocycles. The first-order chi connectivity index (χ1) is 17.5. The lowest BCUT2D eigenvalue weighted by molar-refractivity contribution is -0.384. The monoisotopic (exact) mass is 493 g/mol. The van der Waals surface area contributed by atoms with Gasteiger partial charge in [0.05, 0.1) is 10.3 Å². The van der Waals surface area contributed by atoms with Crippen molar-refractivity contribution in [2.24, 2.45) is 0 Å². The van der Waals surface area contributed by atoms with Crippen molar-refractivity contribution in [3.63, 3.8) is 0 Å². The average molecular weight is 494 g/mol. The number of allylic oxidation sites excluding steroid dienone is 3. The lowest BCUT2D eigenvalue weighted by atomic mass is 9.75. The van der Waals surface area contributed by atoms with Gasteiger partial charge in [-0.15, -0.1) is 0 Å². The van der Waals surface area contributed by atoms with Crippen molar-refractivity contribution in [2.45, 2.75) is 44.2 Å². The molecule has 6 nitrogen and oxygen atoms in total. The van der Waals surface area contributed by atoms with Crippen LogP contribution in [0.1, 0.15) is 44.4 Å². The molecule has 1 atom stereocenters. The summed E-state index contributed by atoms with van der Waals surface area (Å²) in [5, 5.41) is 11.7. The molecule has 6 heteroatoms. The van der Waals surface area contributed by atoms with E-state index in [0.717, 1.165) is 22.5 Å². The van der Waals surface area contributed by atoms with Crippen LogP contribution in [-0.2, 0) is 10.8 Å². The van der Waals surface area contributed by atoms with E-state index in [1.54, 1.807) is 12.1 Å². The van der Waals surface area contributed by atoms with Crippen LogP contribution >= 0.6 is 0 Å². The highest BCUT2D eigenvalue weighted by molar-refractivity contribution is 5.86. The van der Waals surface area contributed by atoms with Crippen LogP contribution < -0.4 is 14.5 Å². The minimum Gasteiger partial charge on any atom is -0.463 e. The second-order valence-corrected chi connectivity index (χ2v) is 11.3. The van der Waals surface area contributed by atoms with Gasteiger partial charge in [0.25, 0.3) is 5.69 Å². The third kappa shape index (κ3) is 2.98. The summed E-state index contributed by atoms with van der Waals surface area (Å²) in [6.07, 6.45) is 4.36. The first-order valence-electron chi connectivity index (χ1n) is 12.6. The van der Waals surface area contributed by atoms with Gasteiger partial charge in [0, 0.05) is 54.3 Å². The summed E-state index contributed by atoms with van der Waals surface area (Å²) in [4.78, 5) is 15.8. The van der Waals surface area contributed by atoms with E-state index >= 15 is 0 Å². The standard InChI is InChI=1S/C31H31N3O3/c1-29(2)23-11-7-9-13-25(23)32(5)28(29)17-20-19-31(37-27-16-15-21(34(35)36)18-22(20)27)30(3,4)24-12-8-10-14-26(24)33(31)6/h7-19H,1-6H3/b28-17+. The molecule has 0 amide bonds. The number of hydrogen-bond donors (Lipinski definition) is 0. The number of nitro groups is 1. The molecule has 3 aliphatic rings. The Morgan fingerprint density at radius 1 is 0.892 bits per heavy atom. The van der Waals surface area contributed by atoms with Gasteiger partial charge in [-0.25, -0.2) is 0 Å². The fourth-order valence-corrected chi connectivity index (χ4v) is 6.52. The summed E-state index contributed by atoms with van der Waals surface area (Å²) in [6, 6.07) is 21.7. The maximum Gasteiger partial charge on any atom is 0.270 e. The van der Waals surface area contributed by atoms with E-state index in [2.05, 4.69) is 106 Å². The number of rotatable bonds is 2. The van der Waals surface area contributed by atoms with Gasteiger partial charge in [0.1, 0.15) is 5.75 Å². The van der Waals surface area contributed by atoms with Crippen LogP contribution in [0.4, 0.5) is 17.1 Å². The highest BCUT2D eigenvalue weighted by atomic mass is 16.6. The summed E-state index contributed by atoms with van der Waals surface area (Å²) < 4.78 is 6.84. The van der Waals surface area contributed by atoms with E-state index < -0.39 is 5.72 Å². The van der Waals surface area contributed by atoms with E-state index in [1.165, 1.54) is 22.9 Å². The topological polar surface area (TPSA) is 58.9 Å². The molecule has 37 heavy (non-hydrogen) atoms. The first kappa shape index (κ1) is 23.3. The number of benzene rings is 3. The Bertz CT molecular complexity index is 1530. The van der Waals surface area contributed by atoms with Crippen molar-refractivity contribution >= 4 is 22.6 Å². The number of nitro benzene ring substituents is 1. The van der Waals surface area contributed by atoms with Gasteiger partial charge in [0.15, 0.2) is 0 Å². The van der Waals surface area contributed by atoms with Crippen LogP contribution in [0.5, 0.6) is 5.75 Å². The van der Waals surface area contributed by atoms with Crippen molar-refractivity contribution in [3.8, 4) is 5.75 Å². The summed E-state index contributed by atoms with van der Waals surface area (Å²) in [5.41, 5.74) is 6.15. The largest absolute Gasteiger partial charge is 0.463 e. The SMILES string of the molecule is CN1/C(=C/C2=CC3(Oc4ccc([N+](=O)[O-])cc42)N(C)c2ccccc2C3(C)C)C(C)(C)c2ccccc21.